The number of ether oxygens (including phenoxy) is 1. The Morgan fingerprint density at radius 1 is 1.67 bits per heavy atom. The molecule has 1 heterocycles. The molecule has 0 saturated heterocycles. The van der Waals surface area contributed by atoms with E-state index in [0.717, 1.165) is 0 Å². The minimum absolute atomic E-state index is 0.0673. The van der Waals surface area contributed by atoms with E-state index in [1.165, 1.54) is 18.0 Å². The lowest BCUT2D eigenvalue weighted by Crippen LogP contribution is -2.33. The molecule has 0 unspecified atom stereocenters. The molecule has 0 fully saturated rings. The molecule has 1 aromatic rings. The summed E-state index contributed by atoms with van der Waals surface area (Å²) >= 11 is 4.81. The van der Waals surface area contributed by atoms with Gasteiger partial charge in [0.25, 0.3) is 10.2 Å². The molecule has 0 aliphatic carbocycles. The molecule has 0 bridgehead atoms. The Hall–Kier alpha value is -1.23. The Kier molecular flexibility index (Phi) is 5.02. The zero-order chi connectivity index (χ0) is 13.8. The second-order valence-electron chi connectivity index (χ2n) is 3.39. The quantitative estimate of drug-likeness (QED) is 0.437. The molecule has 0 aliphatic heterocycles. The Morgan fingerprint density at radius 2 is 2.33 bits per heavy atom. The molecule has 1 rings (SSSR count). The Morgan fingerprint density at radius 3 is 2.89 bits per heavy atom. The highest BCUT2D eigenvalue weighted by molar-refractivity contribution is 7.90. The average Bonchev–Trinajstić information content (AvgIpc) is 2.60. The Balaban J connectivity index is 2.84. The van der Waals surface area contributed by atoms with Gasteiger partial charge in [-0.15, -0.1) is 0 Å². The smallest absolute Gasteiger partial charge is 0.300 e. The number of anilines is 1. The van der Waals surface area contributed by atoms with Gasteiger partial charge in [-0.3, -0.25) is 9.40 Å². The summed E-state index contributed by atoms with van der Waals surface area (Å²) in [6.45, 7) is 0.431. The molecule has 0 saturated carbocycles. The summed E-state index contributed by atoms with van der Waals surface area (Å²) in [5.41, 5.74) is 5.84. The monoisotopic (exact) mass is 293 g/mol. The van der Waals surface area contributed by atoms with Gasteiger partial charge in [-0.25, -0.2) is 0 Å². The molecule has 10 heteroatoms. The predicted octanol–water partition coefficient (Wildman–Crippen LogP) is -1.05. The van der Waals surface area contributed by atoms with Crippen LogP contribution in [0.25, 0.3) is 0 Å². The highest BCUT2D eigenvalue weighted by Crippen LogP contribution is 2.14. The first kappa shape index (κ1) is 14.8. The number of nitrogens with zero attached hydrogens (tertiary/aromatic N) is 2. The maximum Gasteiger partial charge on any atom is 0.300 e. The third kappa shape index (κ3) is 3.91. The summed E-state index contributed by atoms with van der Waals surface area (Å²) in [5.74, 6) is 0.215. The number of nitrogens with one attached hydrogen (secondary N) is 2. The zero-order valence-corrected chi connectivity index (χ0v) is 11.6. The predicted molar refractivity (Wildman–Crippen MR) is 71.5 cm³/mol. The Labute approximate surface area is 111 Å². The molecule has 0 aromatic carbocycles. The molecule has 1 aromatic heterocycles. The van der Waals surface area contributed by atoms with Crippen LogP contribution in [0.3, 0.4) is 0 Å². The fourth-order valence-electron chi connectivity index (χ4n) is 1.18. The standard InChI is InChI=1S/C8H15N5O3S2/c1-13-8(6(5-10-13)7(9)17)12-18(14,15)11-3-4-16-2/h5,11-12H,3-4H2,1-2H3,(H2,9,17). The summed E-state index contributed by atoms with van der Waals surface area (Å²) in [4.78, 5) is 0.0673. The van der Waals surface area contributed by atoms with Crippen molar-refractivity contribution < 1.29 is 13.2 Å². The topological polar surface area (TPSA) is 111 Å². The summed E-state index contributed by atoms with van der Waals surface area (Å²) in [7, 11) is -0.653. The maximum absolute atomic E-state index is 11.7. The number of thiocarbonyl (C=S) groups is 1. The third-order valence-electron chi connectivity index (χ3n) is 2.03. The van der Waals surface area contributed by atoms with E-state index in [-0.39, 0.29) is 24.0 Å². The van der Waals surface area contributed by atoms with Gasteiger partial charge in [0.15, 0.2) is 0 Å². The van der Waals surface area contributed by atoms with Crippen LogP contribution in [0.15, 0.2) is 6.20 Å². The molecule has 102 valence electrons. The molecule has 18 heavy (non-hydrogen) atoms. The fraction of sp³-hybridized carbons (Fsp3) is 0.500. The summed E-state index contributed by atoms with van der Waals surface area (Å²) in [6.07, 6.45) is 1.40. The van der Waals surface area contributed by atoms with Crippen molar-refractivity contribution in [2.45, 2.75) is 0 Å². The van der Waals surface area contributed by atoms with Crippen LogP contribution in [0.5, 0.6) is 0 Å². The van der Waals surface area contributed by atoms with Crippen molar-refractivity contribution in [3.8, 4) is 0 Å². The molecule has 0 spiro atoms. The van der Waals surface area contributed by atoms with E-state index in [4.69, 9.17) is 22.7 Å². The maximum atomic E-state index is 11.7. The van der Waals surface area contributed by atoms with Gasteiger partial charge in [-0.2, -0.15) is 18.2 Å². The zero-order valence-electron chi connectivity index (χ0n) is 10.0. The van der Waals surface area contributed by atoms with Crippen LogP contribution in [0.2, 0.25) is 0 Å². The van der Waals surface area contributed by atoms with Gasteiger partial charge in [0.2, 0.25) is 0 Å². The second-order valence-corrected chi connectivity index (χ2v) is 5.33. The van der Waals surface area contributed by atoms with Crippen molar-refractivity contribution >= 4 is 33.2 Å². The number of hydrogen-bond acceptors (Lipinski definition) is 5. The first-order chi connectivity index (χ1) is 8.37. The van der Waals surface area contributed by atoms with Gasteiger partial charge in [-0.05, 0) is 0 Å². The second kappa shape index (κ2) is 6.09. The minimum atomic E-state index is -3.71. The van der Waals surface area contributed by atoms with Gasteiger partial charge < -0.3 is 10.5 Å². The van der Waals surface area contributed by atoms with Crippen molar-refractivity contribution in [1.29, 1.82) is 0 Å². The van der Waals surface area contributed by atoms with Crippen molar-refractivity contribution in [1.82, 2.24) is 14.5 Å². The van der Waals surface area contributed by atoms with Crippen LogP contribution in [0, 0.1) is 0 Å². The minimum Gasteiger partial charge on any atom is -0.389 e. The average molecular weight is 293 g/mol. The molecular weight excluding hydrogens is 278 g/mol. The van der Waals surface area contributed by atoms with Crippen molar-refractivity contribution in [2.75, 3.05) is 25.0 Å². The van der Waals surface area contributed by atoms with E-state index in [0.29, 0.717) is 5.56 Å². The number of hydrogen-bond donors (Lipinski definition) is 3. The first-order valence-corrected chi connectivity index (χ1v) is 6.84. The highest BCUT2D eigenvalue weighted by atomic mass is 32.2. The molecule has 8 nitrogen and oxygen atoms in total. The van der Waals surface area contributed by atoms with Gasteiger partial charge in [0, 0.05) is 20.7 Å². The van der Waals surface area contributed by atoms with Crippen molar-refractivity contribution in [3.63, 3.8) is 0 Å². The van der Waals surface area contributed by atoms with Crippen LogP contribution >= 0.6 is 12.2 Å². The number of methoxy groups -OCH3 is 1. The van der Waals surface area contributed by atoms with Gasteiger partial charge >= 0.3 is 0 Å². The molecular formula is C8H15N5O3S2. The first-order valence-electron chi connectivity index (χ1n) is 4.95. The van der Waals surface area contributed by atoms with Gasteiger partial charge in [0.05, 0.1) is 18.4 Å². The lowest BCUT2D eigenvalue weighted by molar-refractivity contribution is 0.204. The summed E-state index contributed by atoms with van der Waals surface area (Å²) < 4.78 is 34.1. The molecule has 4 N–H and O–H groups in total. The van der Waals surface area contributed by atoms with E-state index in [1.54, 1.807) is 7.05 Å². The van der Waals surface area contributed by atoms with E-state index >= 15 is 0 Å². The number of aromatic nitrogens is 2. The van der Waals surface area contributed by atoms with Crippen LogP contribution in [0.4, 0.5) is 5.82 Å². The molecule has 0 aliphatic rings. The van der Waals surface area contributed by atoms with Crippen molar-refractivity contribution in [3.05, 3.63) is 11.8 Å². The highest BCUT2D eigenvalue weighted by Gasteiger charge is 2.17. The molecule has 0 amide bonds. The van der Waals surface area contributed by atoms with Gasteiger partial charge in [0.1, 0.15) is 10.8 Å². The number of aryl methyl sites for hydroxylation is 1. The lowest BCUT2D eigenvalue weighted by Gasteiger charge is -2.10. The third-order valence-corrected chi connectivity index (χ3v) is 3.30. The van der Waals surface area contributed by atoms with Crippen LogP contribution in [0.1, 0.15) is 5.56 Å². The lowest BCUT2D eigenvalue weighted by atomic mass is 10.3. The number of rotatable bonds is 7. The van der Waals surface area contributed by atoms with Gasteiger partial charge in [-0.1, -0.05) is 12.2 Å². The molecule has 0 atom stereocenters. The summed E-state index contributed by atoms with van der Waals surface area (Å²) in [5, 5.41) is 3.89. The Bertz CT molecular complexity index is 525. The summed E-state index contributed by atoms with van der Waals surface area (Å²) in [6, 6.07) is 0. The van der Waals surface area contributed by atoms with Crippen molar-refractivity contribution in [2.24, 2.45) is 12.8 Å². The van der Waals surface area contributed by atoms with Crippen LogP contribution < -0.4 is 15.2 Å². The van der Waals surface area contributed by atoms with Crippen LogP contribution in [-0.4, -0.2) is 43.4 Å². The van der Waals surface area contributed by atoms with E-state index in [9.17, 15) is 8.42 Å². The van der Waals surface area contributed by atoms with E-state index in [1.807, 2.05) is 0 Å². The largest absolute Gasteiger partial charge is 0.389 e. The fourth-order valence-corrected chi connectivity index (χ4v) is 2.25. The number of nitrogens with two attached hydrogens (primary N) is 1. The normalized spacial score (nSPS) is 11.4. The molecule has 0 radical (unpaired) electrons. The SMILES string of the molecule is COCCNS(=O)(=O)Nc1c(C(N)=S)cnn1C. The van der Waals surface area contributed by atoms with E-state index < -0.39 is 10.2 Å². The van der Waals surface area contributed by atoms with Crippen LogP contribution in [-0.2, 0) is 22.0 Å². The van der Waals surface area contributed by atoms with E-state index in [2.05, 4.69) is 14.5 Å².